The summed E-state index contributed by atoms with van der Waals surface area (Å²) in [6.45, 7) is 0. The summed E-state index contributed by atoms with van der Waals surface area (Å²) in [6.07, 6.45) is 0. The van der Waals surface area contributed by atoms with Gasteiger partial charge in [-0.1, -0.05) is 0 Å². The van der Waals surface area contributed by atoms with Gasteiger partial charge in [-0.3, -0.25) is 0 Å². The molecule has 0 fully saturated rings. The van der Waals surface area contributed by atoms with Gasteiger partial charge in [0.1, 0.15) is 17.2 Å². The fraction of sp³-hybridized carbons (Fsp3) is 0.200. The predicted octanol–water partition coefficient (Wildman–Crippen LogP) is 2.63. The molecule has 0 radical (unpaired) electrons. The molecule has 2 aromatic rings. The molecule has 0 atom stereocenters. The molecule has 16 heavy (non-hydrogen) atoms. The normalized spacial score (nSPS) is 10.8. The number of anilines is 1. The highest BCUT2D eigenvalue weighted by atomic mass is 35.5. The standard InChI is InChI=1S/C10H8ClF2N3/c1-16(2)9-6-3-5(12)4-7(13)8(6)14-10(11)15-9/h3-4H,1-2H3. The van der Waals surface area contributed by atoms with E-state index >= 15 is 0 Å². The second kappa shape index (κ2) is 3.83. The Kier molecular flexibility index (Phi) is 2.63. The summed E-state index contributed by atoms with van der Waals surface area (Å²) in [4.78, 5) is 9.30. The van der Waals surface area contributed by atoms with Gasteiger partial charge in [-0.2, -0.15) is 4.98 Å². The summed E-state index contributed by atoms with van der Waals surface area (Å²) in [6, 6.07) is 1.95. The van der Waals surface area contributed by atoms with Crippen LogP contribution in [0.5, 0.6) is 0 Å². The number of halogens is 3. The molecule has 0 spiro atoms. The number of hydrogen-bond donors (Lipinski definition) is 0. The average molecular weight is 244 g/mol. The van der Waals surface area contributed by atoms with Crippen molar-refractivity contribution in [2.45, 2.75) is 0 Å². The van der Waals surface area contributed by atoms with E-state index in [0.717, 1.165) is 6.07 Å². The van der Waals surface area contributed by atoms with Crippen LogP contribution in [0.15, 0.2) is 12.1 Å². The summed E-state index contributed by atoms with van der Waals surface area (Å²) < 4.78 is 26.6. The lowest BCUT2D eigenvalue weighted by molar-refractivity contribution is 0.590. The molecule has 1 aromatic heterocycles. The van der Waals surface area contributed by atoms with Gasteiger partial charge < -0.3 is 4.90 Å². The van der Waals surface area contributed by atoms with Crippen LogP contribution in [0.4, 0.5) is 14.6 Å². The highest BCUT2D eigenvalue weighted by molar-refractivity contribution is 6.28. The van der Waals surface area contributed by atoms with E-state index in [1.54, 1.807) is 19.0 Å². The van der Waals surface area contributed by atoms with Crippen LogP contribution >= 0.6 is 11.6 Å². The third kappa shape index (κ3) is 1.78. The van der Waals surface area contributed by atoms with E-state index in [2.05, 4.69) is 9.97 Å². The first-order valence-corrected chi connectivity index (χ1v) is 4.86. The zero-order valence-electron chi connectivity index (χ0n) is 8.63. The SMILES string of the molecule is CN(C)c1nc(Cl)nc2c(F)cc(F)cc12. The highest BCUT2D eigenvalue weighted by Gasteiger charge is 2.13. The Balaban J connectivity index is 2.89. The zero-order valence-corrected chi connectivity index (χ0v) is 9.39. The molecule has 0 aliphatic rings. The molecular formula is C10H8ClF2N3. The minimum absolute atomic E-state index is 0.0186. The maximum Gasteiger partial charge on any atom is 0.225 e. The minimum Gasteiger partial charge on any atom is -0.362 e. The largest absolute Gasteiger partial charge is 0.362 e. The van der Waals surface area contributed by atoms with Gasteiger partial charge in [0.25, 0.3) is 0 Å². The quantitative estimate of drug-likeness (QED) is 0.721. The minimum atomic E-state index is -0.748. The third-order valence-electron chi connectivity index (χ3n) is 2.09. The number of rotatable bonds is 1. The second-order valence-corrected chi connectivity index (χ2v) is 3.83. The molecule has 0 aliphatic carbocycles. The van der Waals surface area contributed by atoms with Gasteiger partial charge in [0.05, 0.1) is 0 Å². The summed E-state index contributed by atoms with van der Waals surface area (Å²) in [5.74, 6) is -1.03. The molecule has 0 amide bonds. The first-order valence-electron chi connectivity index (χ1n) is 4.48. The zero-order chi connectivity index (χ0) is 11.9. The van der Waals surface area contributed by atoms with Crippen LogP contribution in [-0.2, 0) is 0 Å². The average Bonchev–Trinajstić information content (AvgIpc) is 2.18. The summed E-state index contributed by atoms with van der Waals surface area (Å²) in [5, 5.41) is 0.230. The molecule has 0 saturated heterocycles. The van der Waals surface area contributed by atoms with Crippen molar-refractivity contribution in [3.05, 3.63) is 29.1 Å². The predicted molar refractivity (Wildman–Crippen MR) is 58.8 cm³/mol. The number of nitrogens with zero attached hydrogens (tertiary/aromatic N) is 3. The second-order valence-electron chi connectivity index (χ2n) is 3.49. The van der Waals surface area contributed by atoms with Crippen LogP contribution in [-0.4, -0.2) is 24.1 Å². The van der Waals surface area contributed by atoms with Gasteiger partial charge in [0.2, 0.25) is 5.28 Å². The summed E-state index contributed by atoms with van der Waals surface area (Å²) in [7, 11) is 3.42. The smallest absolute Gasteiger partial charge is 0.225 e. The van der Waals surface area contributed by atoms with Crippen molar-refractivity contribution in [3.8, 4) is 0 Å². The van der Waals surface area contributed by atoms with Crippen molar-refractivity contribution in [2.24, 2.45) is 0 Å². The fourth-order valence-corrected chi connectivity index (χ4v) is 1.62. The molecule has 6 heteroatoms. The molecule has 0 saturated carbocycles. The van der Waals surface area contributed by atoms with Crippen molar-refractivity contribution < 1.29 is 8.78 Å². The van der Waals surface area contributed by atoms with Gasteiger partial charge in [0.15, 0.2) is 5.82 Å². The van der Waals surface area contributed by atoms with Crippen LogP contribution in [0.3, 0.4) is 0 Å². The third-order valence-corrected chi connectivity index (χ3v) is 2.26. The number of hydrogen-bond acceptors (Lipinski definition) is 3. The highest BCUT2D eigenvalue weighted by Crippen LogP contribution is 2.26. The molecule has 2 rings (SSSR count). The fourth-order valence-electron chi connectivity index (χ4n) is 1.46. The Bertz CT molecular complexity index is 557. The molecular weight excluding hydrogens is 236 g/mol. The molecule has 0 aliphatic heterocycles. The molecule has 1 heterocycles. The Morgan fingerprint density at radius 3 is 2.50 bits per heavy atom. The van der Waals surface area contributed by atoms with Crippen LogP contribution < -0.4 is 4.90 Å². The number of fused-ring (bicyclic) bond motifs is 1. The van der Waals surface area contributed by atoms with Gasteiger partial charge in [-0.15, -0.1) is 0 Å². The Labute approximate surface area is 95.7 Å². The number of aromatic nitrogens is 2. The molecule has 1 aromatic carbocycles. The first kappa shape index (κ1) is 11.0. The van der Waals surface area contributed by atoms with Gasteiger partial charge in [0, 0.05) is 25.5 Å². The van der Waals surface area contributed by atoms with Crippen molar-refractivity contribution in [3.63, 3.8) is 0 Å². The van der Waals surface area contributed by atoms with Crippen LogP contribution in [0.25, 0.3) is 10.9 Å². The van der Waals surface area contributed by atoms with E-state index in [1.165, 1.54) is 6.07 Å². The Hall–Kier alpha value is -1.49. The van der Waals surface area contributed by atoms with Crippen molar-refractivity contribution >= 4 is 28.3 Å². The van der Waals surface area contributed by atoms with Gasteiger partial charge in [-0.25, -0.2) is 13.8 Å². The van der Waals surface area contributed by atoms with Crippen molar-refractivity contribution in [1.82, 2.24) is 9.97 Å². The maximum absolute atomic E-state index is 13.5. The van der Waals surface area contributed by atoms with E-state index in [1.807, 2.05) is 0 Å². The van der Waals surface area contributed by atoms with Crippen LogP contribution in [0.1, 0.15) is 0 Å². The molecule has 3 nitrogen and oxygen atoms in total. The van der Waals surface area contributed by atoms with Gasteiger partial charge >= 0.3 is 0 Å². The topological polar surface area (TPSA) is 29.0 Å². The Morgan fingerprint density at radius 1 is 1.19 bits per heavy atom. The summed E-state index contributed by atoms with van der Waals surface area (Å²) in [5.41, 5.74) is 0.0186. The molecule has 0 bridgehead atoms. The van der Waals surface area contributed by atoms with E-state index < -0.39 is 11.6 Å². The maximum atomic E-state index is 13.5. The lowest BCUT2D eigenvalue weighted by Crippen LogP contribution is -2.12. The van der Waals surface area contributed by atoms with E-state index in [9.17, 15) is 8.78 Å². The van der Waals surface area contributed by atoms with E-state index in [0.29, 0.717) is 11.2 Å². The first-order chi connectivity index (χ1) is 7.49. The van der Waals surface area contributed by atoms with Gasteiger partial charge in [-0.05, 0) is 17.7 Å². The van der Waals surface area contributed by atoms with Crippen LogP contribution in [0, 0.1) is 11.6 Å². The van der Waals surface area contributed by atoms with E-state index in [4.69, 9.17) is 11.6 Å². The van der Waals surface area contributed by atoms with Crippen LogP contribution in [0.2, 0.25) is 5.28 Å². The lowest BCUT2D eigenvalue weighted by Gasteiger charge is -2.14. The molecule has 84 valence electrons. The summed E-state index contributed by atoms with van der Waals surface area (Å²) >= 11 is 5.67. The molecule has 0 N–H and O–H groups in total. The van der Waals surface area contributed by atoms with E-state index in [-0.39, 0.29) is 10.8 Å². The van der Waals surface area contributed by atoms with Crippen molar-refractivity contribution in [2.75, 3.05) is 19.0 Å². The monoisotopic (exact) mass is 243 g/mol. The van der Waals surface area contributed by atoms with Crippen molar-refractivity contribution in [1.29, 1.82) is 0 Å². The Morgan fingerprint density at radius 2 is 1.88 bits per heavy atom. The lowest BCUT2D eigenvalue weighted by atomic mass is 10.2. The molecule has 0 unspecified atom stereocenters. The number of benzene rings is 1.